The molecule has 1 aromatic heterocycles. The van der Waals surface area contributed by atoms with E-state index in [9.17, 15) is 4.39 Å². The first-order valence-electron chi connectivity index (χ1n) is 5.54. The summed E-state index contributed by atoms with van der Waals surface area (Å²) in [6.45, 7) is 4.18. The van der Waals surface area contributed by atoms with Gasteiger partial charge in [-0.05, 0) is 29.2 Å². The quantitative estimate of drug-likeness (QED) is 0.910. The third kappa shape index (κ3) is 2.75. The first kappa shape index (κ1) is 12.3. The normalized spacial score (nSPS) is 11.1. The summed E-state index contributed by atoms with van der Waals surface area (Å²) in [6.07, 6.45) is 2.35. The van der Waals surface area contributed by atoms with Crippen molar-refractivity contribution < 1.29 is 4.39 Å². The molecule has 0 amide bonds. The third-order valence-corrected chi connectivity index (χ3v) is 3.22. The zero-order valence-corrected chi connectivity index (χ0v) is 11.4. The van der Waals surface area contributed by atoms with E-state index in [0.717, 1.165) is 15.7 Å². The van der Waals surface area contributed by atoms with Crippen molar-refractivity contribution in [3.8, 4) is 0 Å². The molecule has 0 aliphatic heterocycles. The molecule has 0 bridgehead atoms. The van der Waals surface area contributed by atoms with Gasteiger partial charge in [-0.1, -0.05) is 35.8 Å². The first-order valence-corrected chi connectivity index (χ1v) is 6.33. The number of nitrogens with zero attached hydrogens (tertiary/aromatic N) is 1. The van der Waals surface area contributed by atoms with Crippen molar-refractivity contribution in [1.82, 2.24) is 10.2 Å². The highest BCUT2D eigenvalue weighted by Crippen LogP contribution is 2.22. The van der Waals surface area contributed by atoms with Gasteiger partial charge in [0.15, 0.2) is 0 Å². The van der Waals surface area contributed by atoms with Gasteiger partial charge >= 0.3 is 0 Å². The maximum Gasteiger partial charge on any atom is 0.127 e. The predicted octanol–water partition coefficient (Wildman–Crippen LogP) is 4.03. The Bertz CT molecular complexity index is 520. The molecule has 2 aromatic rings. The molecular formula is C13H14BrFN2. The molecule has 2 rings (SSSR count). The monoisotopic (exact) mass is 296 g/mol. The lowest BCUT2D eigenvalue weighted by Crippen LogP contribution is -1.97. The Balaban J connectivity index is 2.28. The fraction of sp³-hybridized carbons (Fsp3) is 0.308. The summed E-state index contributed by atoms with van der Waals surface area (Å²) < 4.78 is 14.5. The molecule has 0 aliphatic rings. The van der Waals surface area contributed by atoms with E-state index in [4.69, 9.17) is 0 Å². The van der Waals surface area contributed by atoms with Gasteiger partial charge in [0.2, 0.25) is 0 Å². The van der Waals surface area contributed by atoms with E-state index in [1.54, 1.807) is 12.3 Å². The second kappa shape index (κ2) is 5.00. The standard InChI is InChI=1S/C13H14BrFN2/c1-8(2)13-10(7-16-17-13)5-9-3-4-11(14)6-12(9)15/h3-4,6-8H,5H2,1-2H3,(H,16,17). The molecule has 0 unspecified atom stereocenters. The number of nitrogens with one attached hydrogen (secondary N) is 1. The van der Waals surface area contributed by atoms with Crippen molar-refractivity contribution in [3.63, 3.8) is 0 Å². The maximum absolute atomic E-state index is 13.7. The lowest BCUT2D eigenvalue weighted by atomic mass is 10.00. The van der Waals surface area contributed by atoms with Crippen LogP contribution in [-0.2, 0) is 6.42 Å². The van der Waals surface area contributed by atoms with Gasteiger partial charge in [0.25, 0.3) is 0 Å². The van der Waals surface area contributed by atoms with Crippen molar-refractivity contribution in [1.29, 1.82) is 0 Å². The molecule has 0 saturated heterocycles. The Hall–Kier alpha value is -1.16. The van der Waals surface area contributed by atoms with Gasteiger partial charge in [-0.3, -0.25) is 5.10 Å². The Morgan fingerprint density at radius 2 is 2.12 bits per heavy atom. The van der Waals surface area contributed by atoms with E-state index in [-0.39, 0.29) is 5.82 Å². The average Bonchev–Trinajstić information content (AvgIpc) is 2.70. The summed E-state index contributed by atoms with van der Waals surface area (Å²) >= 11 is 3.25. The zero-order valence-electron chi connectivity index (χ0n) is 9.80. The molecule has 0 spiro atoms. The highest BCUT2D eigenvalue weighted by Gasteiger charge is 2.11. The van der Waals surface area contributed by atoms with Gasteiger partial charge in [0, 0.05) is 16.6 Å². The van der Waals surface area contributed by atoms with Gasteiger partial charge in [-0.25, -0.2) is 4.39 Å². The van der Waals surface area contributed by atoms with Gasteiger partial charge < -0.3 is 0 Å². The van der Waals surface area contributed by atoms with Gasteiger partial charge in [0.1, 0.15) is 5.82 Å². The van der Waals surface area contributed by atoms with E-state index >= 15 is 0 Å². The highest BCUT2D eigenvalue weighted by atomic mass is 79.9. The highest BCUT2D eigenvalue weighted by molar-refractivity contribution is 9.10. The van der Waals surface area contributed by atoms with Crippen LogP contribution in [0.2, 0.25) is 0 Å². The minimum absolute atomic E-state index is 0.185. The van der Waals surface area contributed by atoms with Crippen molar-refractivity contribution in [2.75, 3.05) is 0 Å². The smallest absolute Gasteiger partial charge is 0.127 e. The fourth-order valence-electron chi connectivity index (χ4n) is 1.83. The Kier molecular flexibility index (Phi) is 3.62. The number of hydrogen-bond acceptors (Lipinski definition) is 1. The van der Waals surface area contributed by atoms with Crippen molar-refractivity contribution in [3.05, 3.63) is 51.5 Å². The molecule has 0 fully saturated rings. The predicted molar refractivity (Wildman–Crippen MR) is 69.6 cm³/mol. The molecule has 1 heterocycles. The van der Waals surface area contributed by atoms with Crippen LogP contribution in [0.3, 0.4) is 0 Å². The van der Waals surface area contributed by atoms with Crippen LogP contribution in [0, 0.1) is 5.82 Å². The Labute approximate surface area is 108 Å². The Morgan fingerprint density at radius 3 is 2.76 bits per heavy atom. The van der Waals surface area contributed by atoms with E-state index in [1.165, 1.54) is 6.07 Å². The number of H-pyrrole nitrogens is 1. The van der Waals surface area contributed by atoms with Crippen LogP contribution in [0.5, 0.6) is 0 Å². The number of rotatable bonds is 3. The molecule has 4 heteroatoms. The van der Waals surface area contributed by atoms with Crippen LogP contribution in [0.15, 0.2) is 28.9 Å². The second-order valence-corrected chi connectivity index (χ2v) is 5.29. The minimum Gasteiger partial charge on any atom is -0.282 e. The summed E-state index contributed by atoms with van der Waals surface area (Å²) in [5.41, 5.74) is 2.82. The van der Waals surface area contributed by atoms with Crippen LogP contribution in [-0.4, -0.2) is 10.2 Å². The molecular weight excluding hydrogens is 283 g/mol. The number of hydrogen-bond donors (Lipinski definition) is 1. The van der Waals surface area contributed by atoms with E-state index in [1.807, 2.05) is 6.07 Å². The second-order valence-electron chi connectivity index (χ2n) is 4.38. The van der Waals surface area contributed by atoms with Crippen LogP contribution in [0.4, 0.5) is 4.39 Å². The molecule has 2 nitrogen and oxygen atoms in total. The summed E-state index contributed by atoms with van der Waals surface area (Å²) in [4.78, 5) is 0. The SMILES string of the molecule is CC(C)c1[nH]ncc1Cc1ccc(Br)cc1F. The van der Waals surface area contributed by atoms with Gasteiger partial charge in [-0.2, -0.15) is 5.10 Å². The van der Waals surface area contributed by atoms with Crippen LogP contribution < -0.4 is 0 Å². The summed E-state index contributed by atoms with van der Waals surface area (Å²) in [7, 11) is 0. The molecule has 1 aromatic carbocycles. The van der Waals surface area contributed by atoms with Crippen molar-refractivity contribution >= 4 is 15.9 Å². The number of aromatic nitrogens is 2. The van der Waals surface area contributed by atoms with E-state index < -0.39 is 0 Å². The molecule has 0 radical (unpaired) electrons. The summed E-state index contributed by atoms with van der Waals surface area (Å²) in [6, 6.07) is 5.15. The minimum atomic E-state index is -0.185. The first-order chi connectivity index (χ1) is 8.08. The van der Waals surface area contributed by atoms with Crippen LogP contribution >= 0.6 is 15.9 Å². The topological polar surface area (TPSA) is 28.7 Å². The molecule has 0 atom stereocenters. The lowest BCUT2D eigenvalue weighted by molar-refractivity contribution is 0.612. The molecule has 90 valence electrons. The maximum atomic E-state index is 13.7. The van der Waals surface area contributed by atoms with E-state index in [2.05, 4.69) is 40.0 Å². The van der Waals surface area contributed by atoms with Gasteiger partial charge in [-0.15, -0.1) is 0 Å². The average molecular weight is 297 g/mol. The van der Waals surface area contributed by atoms with Crippen LogP contribution in [0.1, 0.15) is 36.6 Å². The molecule has 1 N–H and O–H groups in total. The molecule has 17 heavy (non-hydrogen) atoms. The number of benzene rings is 1. The Morgan fingerprint density at radius 1 is 1.35 bits per heavy atom. The van der Waals surface area contributed by atoms with E-state index in [0.29, 0.717) is 17.9 Å². The molecule has 0 aliphatic carbocycles. The fourth-order valence-corrected chi connectivity index (χ4v) is 2.17. The largest absolute Gasteiger partial charge is 0.282 e. The summed E-state index contributed by atoms with van der Waals surface area (Å²) in [5, 5.41) is 7.00. The van der Waals surface area contributed by atoms with Crippen molar-refractivity contribution in [2.24, 2.45) is 0 Å². The lowest BCUT2D eigenvalue weighted by Gasteiger charge is -2.07. The third-order valence-electron chi connectivity index (χ3n) is 2.72. The van der Waals surface area contributed by atoms with Crippen LogP contribution in [0.25, 0.3) is 0 Å². The number of halogens is 2. The molecule has 0 saturated carbocycles. The zero-order chi connectivity index (χ0) is 12.4. The number of aromatic amines is 1. The van der Waals surface area contributed by atoms with Crippen molar-refractivity contribution in [2.45, 2.75) is 26.2 Å². The van der Waals surface area contributed by atoms with Gasteiger partial charge in [0.05, 0.1) is 6.20 Å². The summed E-state index contributed by atoms with van der Waals surface area (Å²) in [5.74, 6) is 0.182.